The molecule has 1 atom stereocenters. The number of carbonyl (C=O) groups excluding carboxylic acids is 2. The van der Waals surface area contributed by atoms with Crippen molar-refractivity contribution in [3.63, 3.8) is 0 Å². The molecule has 1 unspecified atom stereocenters. The van der Waals surface area contributed by atoms with Crippen LogP contribution in [-0.2, 0) is 9.53 Å². The Kier molecular flexibility index (Phi) is 5.12. The molecule has 108 valence electrons. The maximum atomic E-state index is 12.6. The third kappa shape index (κ3) is 3.70. The Morgan fingerprint density at radius 2 is 1.67 bits per heavy atom. The minimum absolute atomic E-state index is 0.232. The largest absolute Gasteiger partial charge is 0.465 e. The molecule has 0 radical (unpaired) electrons. The minimum atomic E-state index is -0.952. The van der Waals surface area contributed by atoms with Gasteiger partial charge in [0.05, 0.1) is 6.61 Å². The predicted octanol–water partition coefficient (Wildman–Crippen LogP) is 3.87. The van der Waals surface area contributed by atoms with Gasteiger partial charge >= 0.3 is 5.97 Å². The van der Waals surface area contributed by atoms with Gasteiger partial charge in [-0.2, -0.15) is 0 Å². The number of halogens is 1. The van der Waals surface area contributed by atoms with Crippen LogP contribution in [0, 0.1) is 0 Å². The van der Waals surface area contributed by atoms with Crippen molar-refractivity contribution in [3.05, 3.63) is 70.7 Å². The molecule has 3 nitrogen and oxygen atoms in total. The van der Waals surface area contributed by atoms with E-state index in [1.807, 2.05) is 6.07 Å². The van der Waals surface area contributed by atoms with Gasteiger partial charge in [0.25, 0.3) is 0 Å². The minimum Gasteiger partial charge on any atom is -0.465 e. The van der Waals surface area contributed by atoms with Gasteiger partial charge in [-0.25, -0.2) is 0 Å². The number of hydrogen-bond donors (Lipinski definition) is 0. The van der Waals surface area contributed by atoms with Gasteiger partial charge in [0.15, 0.2) is 5.78 Å². The summed E-state index contributed by atoms with van der Waals surface area (Å²) in [6.45, 7) is 1.95. The highest BCUT2D eigenvalue weighted by atomic mass is 35.5. The molecule has 4 heteroatoms. The summed E-state index contributed by atoms with van der Waals surface area (Å²) in [5, 5.41) is 0.541. The zero-order valence-corrected chi connectivity index (χ0v) is 12.3. The first-order valence-corrected chi connectivity index (χ1v) is 7.02. The number of ether oxygens (including phenoxy) is 1. The number of hydrogen-bond acceptors (Lipinski definition) is 3. The zero-order valence-electron chi connectivity index (χ0n) is 11.6. The lowest BCUT2D eigenvalue weighted by Crippen LogP contribution is -2.24. The van der Waals surface area contributed by atoms with Gasteiger partial charge in [-0.3, -0.25) is 9.59 Å². The van der Waals surface area contributed by atoms with E-state index in [1.165, 1.54) is 0 Å². The van der Waals surface area contributed by atoms with E-state index >= 15 is 0 Å². The van der Waals surface area contributed by atoms with Crippen molar-refractivity contribution in [1.29, 1.82) is 0 Å². The molecule has 0 saturated heterocycles. The van der Waals surface area contributed by atoms with E-state index in [0.29, 0.717) is 16.1 Å². The molecule has 0 fully saturated rings. The smallest absolute Gasteiger partial charge is 0.321 e. The number of rotatable bonds is 5. The van der Waals surface area contributed by atoms with Crippen LogP contribution in [0.25, 0.3) is 0 Å². The van der Waals surface area contributed by atoms with Gasteiger partial charge < -0.3 is 4.74 Å². The summed E-state index contributed by atoms with van der Waals surface area (Å²) >= 11 is 5.82. The monoisotopic (exact) mass is 302 g/mol. The van der Waals surface area contributed by atoms with Crippen molar-refractivity contribution in [3.8, 4) is 0 Å². The van der Waals surface area contributed by atoms with Gasteiger partial charge in [0, 0.05) is 10.6 Å². The van der Waals surface area contributed by atoms with Crippen molar-refractivity contribution in [2.75, 3.05) is 6.61 Å². The van der Waals surface area contributed by atoms with E-state index in [4.69, 9.17) is 16.3 Å². The first-order chi connectivity index (χ1) is 10.1. The Labute approximate surface area is 128 Å². The second-order valence-electron chi connectivity index (χ2n) is 4.47. The molecule has 21 heavy (non-hydrogen) atoms. The lowest BCUT2D eigenvalue weighted by molar-refractivity contribution is -0.143. The van der Waals surface area contributed by atoms with E-state index < -0.39 is 11.9 Å². The average molecular weight is 303 g/mol. The zero-order chi connectivity index (χ0) is 15.2. The molecule has 0 aliphatic rings. The lowest BCUT2D eigenvalue weighted by Gasteiger charge is -2.15. The molecule has 0 aliphatic heterocycles. The lowest BCUT2D eigenvalue weighted by atomic mass is 9.91. The van der Waals surface area contributed by atoms with Crippen LogP contribution in [0.4, 0.5) is 0 Å². The molecule has 0 amide bonds. The molecule has 0 saturated carbocycles. The van der Waals surface area contributed by atoms with Crippen molar-refractivity contribution < 1.29 is 14.3 Å². The molecular formula is C17H15ClO3. The summed E-state index contributed by atoms with van der Waals surface area (Å²) in [6, 6.07) is 15.4. The Bertz CT molecular complexity index is 620. The number of esters is 1. The maximum Gasteiger partial charge on any atom is 0.321 e. The third-order valence-electron chi connectivity index (χ3n) is 3.05. The number of benzene rings is 2. The molecular weight excluding hydrogens is 288 g/mol. The topological polar surface area (TPSA) is 43.4 Å². The molecule has 2 aromatic carbocycles. The molecule has 0 N–H and O–H groups in total. The third-order valence-corrected chi connectivity index (χ3v) is 3.30. The Hall–Kier alpha value is -2.13. The Balaban J connectivity index is 2.37. The van der Waals surface area contributed by atoms with E-state index in [1.54, 1.807) is 55.5 Å². The fourth-order valence-corrected chi connectivity index (χ4v) is 2.17. The molecule has 0 heterocycles. The number of ketones is 1. The Morgan fingerprint density at radius 3 is 2.24 bits per heavy atom. The molecule has 0 aromatic heterocycles. The normalized spacial score (nSPS) is 11.7. The summed E-state index contributed by atoms with van der Waals surface area (Å²) < 4.78 is 5.04. The van der Waals surface area contributed by atoms with Crippen molar-refractivity contribution in [2.24, 2.45) is 0 Å². The van der Waals surface area contributed by atoms with Crippen LogP contribution in [0.5, 0.6) is 0 Å². The summed E-state index contributed by atoms with van der Waals surface area (Å²) in [7, 11) is 0. The van der Waals surface area contributed by atoms with Gasteiger partial charge in [0.1, 0.15) is 5.92 Å². The van der Waals surface area contributed by atoms with Crippen molar-refractivity contribution in [1.82, 2.24) is 0 Å². The summed E-state index contributed by atoms with van der Waals surface area (Å²) in [6.07, 6.45) is 0. The molecule has 0 spiro atoms. The van der Waals surface area contributed by atoms with Crippen LogP contribution in [-0.4, -0.2) is 18.4 Å². The van der Waals surface area contributed by atoms with Crippen LogP contribution in [0.1, 0.15) is 28.8 Å². The summed E-state index contributed by atoms with van der Waals surface area (Å²) in [5.74, 6) is -1.78. The van der Waals surface area contributed by atoms with Crippen molar-refractivity contribution >= 4 is 23.4 Å². The SMILES string of the molecule is CCOC(=O)C(C(=O)c1ccc(Cl)cc1)c1ccccc1. The van der Waals surface area contributed by atoms with Crippen LogP contribution in [0.2, 0.25) is 5.02 Å². The molecule has 2 aromatic rings. The summed E-state index contributed by atoms with van der Waals surface area (Å²) in [5.41, 5.74) is 1.05. The van der Waals surface area contributed by atoms with Crippen LogP contribution in [0.3, 0.4) is 0 Å². The summed E-state index contributed by atoms with van der Waals surface area (Å²) in [4.78, 5) is 24.8. The highest BCUT2D eigenvalue weighted by molar-refractivity contribution is 6.30. The van der Waals surface area contributed by atoms with Gasteiger partial charge in [-0.05, 0) is 36.8 Å². The van der Waals surface area contributed by atoms with Gasteiger partial charge in [-0.1, -0.05) is 41.9 Å². The fourth-order valence-electron chi connectivity index (χ4n) is 2.05. The van der Waals surface area contributed by atoms with E-state index in [0.717, 1.165) is 0 Å². The fraction of sp³-hybridized carbons (Fsp3) is 0.176. The first-order valence-electron chi connectivity index (χ1n) is 6.65. The maximum absolute atomic E-state index is 12.6. The van der Waals surface area contributed by atoms with Gasteiger partial charge in [-0.15, -0.1) is 0 Å². The van der Waals surface area contributed by atoms with E-state index in [-0.39, 0.29) is 12.4 Å². The Morgan fingerprint density at radius 1 is 1.05 bits per heavy atom. The van der Waals surface area contributed by atoms with E-state index in [2.05, 4.69) is 0 Å². The van der Waals surface area contributed by atoms with E-state index in [9.17, 15) is 9.59 Å². The second kappa shape index (κ2) is 7.04. The first kappa shape index (κ1) is 15.3. The highest BCUT2D eigenvalue weighted by Gasteiger charge is 2.30. The molecule has 0 aliphatic carbocycles. The molecule has 2 rings (SSSR count). The highest BCUT2D eigenvalue weighted by Crippen LogP contribution is 2.23. The van der Waals surface area contributed by atoms with Crippen LogP contribution < -0.4 is 0 Å². The van der Waals surface area contributed by atoms with Gasteiger partial charge in [0.2, 0.25) is 0 Å². The molecule has 0 bridgehead atoms. The average Bonchev–Trinajstić information content (AvgIpc) is 2.49. The standard InChI is InChI=1S/C17H15ClO3/c1-2-21-17(20)15(12-6-4-3-5-7-12)16(19)13-8-10-14(18)11-9-13/h3-11,15H,2H2,1H3. The van der Waals surface area contributed by atoms with Crippen molar-refractivity contribution in [2.45, 2.75) is 12.8 Å². The second-order valence-corrected chi connectivity index (χ2v) is 4.90. The number of carbonyl (C=O) groups is 2. The predicted molar refractivity (Wildman–Crippen MR) is 81.6 cm³/mol. The number of Topliss-reactive ketones (excluding diaryl/α,β-unsaturated/α-hetero) is 1. The quantitative estimate of drug-likeness (QED) is 0.478. The van der Waals surface area contributed by atoms with Crippen LogP contribution in [0.15, 0.2) is 54.6 Å². The van der Waals surface area contributed by atoms with Crippen LogP contribution >= 0.6 is 11.6 Å².